The quantitative estimate of drug-likeness (QED) is 0.836. The van der Waals surface area contributed by atoms with Gasteiger partial charge in [-0.05, 0) is 30.5 Å². The highest BCUT2D eigenvalue weighted by molar-refractivity contribution is 5.69. The van der Waals surface area contributed by atoms with Crippen LogP contribution in [-0.2, 0) is 0 Å². The van der Waals surface area contributed by atoms with E-state index in [0.717, 1.165) is 29.7 Å². The van der Waals surface area contributed by atoms with Gasteiger partial charge >= 0.3 is 0 Å². The Balaban J connectivity index is 1.91. The van der Waals surface area contributed by atoms with Gasteiger partial charge in [0.05, 0.1) is 30.4 Å². The minimum Gasteiger partial charge on any atom is -0.393 e. The molecular weight excluding hydrogens is 231 g/mol. The van der Waals surface area contributed by atoms with Gasteiger partial charge in [0.15, 0.2) is 0 Å². The summed E-state index contributed by atoms with van der Waals surface area (Å²) >= 11 is 0. The highest BCUT2D eigenvalue weighted by atomic mass is 19.1. The first kappa shape index (κ1) is 10.3. The van der Waals surface area contributed by atoms with Crippen molar-refractivity contribution in [1.29, 1.82) is 0 Å². The van der Waals surface area contributed by atoms with Crippen molar-refractivity contribution < 1.29 is 9.50 Å². The normalized spacial score (nSPS) is 28.7. The largest absolute Gasteiger partial charge is 0.393 e. The lowest BCUT2D eigenvalue weighted by atomic mass is 9.74. The topological polar surface area (TPSA) is 38.1 Å². The molecule has 3 nitrogen and oxygen atoms in total. The lowest BCUT2D eigenvalue weighted by molar-refractivity contribution is 0.00415. The number of hydrogen-bond acceptors (Lipinski definition) is 2. The average Bonchev–Trinajstić information content (AvgIpc) is 2.91. The SMILES string of the molecule is O[C@H]1CC[C@@H]1[C@H]1c2ccc(F)cc2-c2cncn21. The second-order valence-corrected chi connectivity index (χ2v) is 5.17. The molecule has 0 spiro atoms. The second kappa shape index (κ2) is 3.42. The predicted octanol–water partition coefficient (Wildman–Crippen LogP) is 2.36. The van der Waals surface area contributed by atoms with Gasteiger partial charge in [-0.25, -0.2) is 9.37 Å². The van der Waals surface area contributed by atoms with Gasteiger partial charge in [-0.1, -0.05) is 6.07 Å². The van der Waals surface area contributed by atoms with Crippen LogP contribution in [0, 0.1) is 11.7 Å². The van der Waals surface area contributed by atoms with E-state index in [-0.39, 0.29) is 23.9 Å². The van der Waals surface area contributed by atoms with E-state index in [4.69, 9.17) is 0 Å². The Hall–Kier alpha value is -1.68. The lowest BCUT2D eigenvalue weighted by Gasteiger charge is -2.38. The molecule has 92 valence electrons. The summed E-state index contributed by atoms with van der Waals surface area (Å²) in [4.78, 5) is 4.15. The third kappa shape index (κ3) is 1.18. The van der Waals surface area contributed by atoms with Gasteiger partial charge in [0.1, 0.15) is 5.82 Å². The summed E-state index contributed by atoms with van der Waals surface area (Å²) in [5.74, 6) is 0.000897. The minimum atomic E-state index is -0.249. The van der Waals surface area contributed by atoms with E-state index in [2.05, 4.69) is 9.55 Å². The van der Waals surface area contributed by atoms with E-state index >= 15 is 0 Å². The summed E-state index contributed by atoms with van der Waals surface area (Å²) in [7, 11) is 0. The van der Waals surface area contributed by atoms with Gasteiger partial charge in [-0.3, -0.25) is 0 Å². The van der Waals surface area contributed by atoms with E-state index in [1.807, 2.05) is 6.07 Å². The van der Waals surface area contributed by atoms with Crippen molar-refractivity contribution in [1.82, 2.24) is 9.55 Å². The first-order valence-corrected chi connectivity index (χ1v) is 6.25. The smallest absolute Gasteiger partial charge is 0.123 e. The number of nitrogens with zero attached hydrogens (tertiary/aromatic N) is 2. The number of halogens is 1. The molecule has 2 aliphatic rings. The van der Waals surface area contributed by atoms with Crippen LogP contribution in [0.2, 0.25) is 0 Å². The third-order valence-corrected chi connectivity index (χ3v) is 4.27. The Labute approximate surface area is 104 Å². The number of benzene rings is 1. The van der Waals surface area contributed by atoms with Crippen LogP contribution in [0.4, 0.5) is 4.39 Å². The number of aliphatic hydroxyl groups is 1. The summed E-state index contributed by atoms with van der Waals surface area (Å²) in [6.07, 6.45) is 5.18. The van der Waals surface area contributed by atoms with Crippen LogP contribution in [0.25, 0.3) is 11.3 Å². The van der Waals surface area contributed by atoms with E-state index < -0.39 is 0 Å². The van der Waals surface area contributed by atoms with Gasteiger partial charge in [0, 0.05) is 11.5 Å². The summed E-state index contributed by atoms with van der Waals surface area (Å²) in [6, 6.07) is 5.01. The van der Waals surface area contributed by atoms with Crippen LogP contribution in [0.1, 0.15) is 24.4 Å². The van der Waals surface area contributed by atoms with Crippen LogP contribution >= 0.6 is 0 Å². The number of imidazole rings is 1. The fourth-order valence-electron chi connectivity index (χ4n) is 3.21. The van der Waals surface area contributed by atoms with Crippen LogP contribution in [-0.4, -0.2) is 20.8 Å². The van der Waals surface area contributed by atoms with Gasteiger partial charge in [-0.15, -0.1) is 0 Å². The summed E-state index contributed by atoms with van der Waals surface area (Å²) in [5.41, 5.74) is 2.97. The van der Waals surface area contributed by atoms with Crippen molar-refractivity contribution in [2.75, 3.05) is 0 Å². The molecule has 4 heteroatoms. The summed E-state index contributed by atoms with van der Waals surface area (Å²) in [5, 5.41) is 9.90. The van der Waals surface area contributed by atoms with E-state index in [0.29, 0.717) is 0 Å². The van der Waals surface area contributed by atoms with Crippen LogP contribution in [0.3, 0.4) is 0 Å². The second-order valence-electron chi connectivity index (χ2n) is 5.17. The molecule has 1 aromatic heterocycles. The molecule has 2 aromatic rings. The third-order valence-electron chi connectivity index (χ3n) is 4.27. The number of rotatable bonds is 1. The Morgan fingerprint density at radius 2 is 2.22 bits per heavy atom. The predicted molar refractivity (Wildman–Crippen MR) is 64.5 cm³/mol. The van der Waals surface area contributed by atoms with Crippen LogP contribution in [0.15, 0.2) is 30.7 Å². The molecule has 1 fully saturated rings. The standard InChI is InChI=1S/C14H13FN2O/c15-8-1-2-9-11(5-8)12-6-16-7-17(12)14(9)10-3-4-13(10)18/h1-2,5-7,10,13-14,18H,3-4H2/t10-,13-,14+/m0/s1. The molecule has 1 aliphatic carbocycles. The monoisotopic (exact) mass is 244 g/mol. The zero-order valence-corrected chi connectivity index (χ0v) is 9.75. The fourth-order valence-corrected chi connectivity index (χ4v) is 3.21. The van der Waals surface area contributed by atoms with Crippen molar-refractivity contribution >= 4 is 0 Å². The van der Waals surface area contributed by atoms with Crippen molar-refractivity contribution in [2.24, 2.45) is 5.92 Å². The average molecular weight is 244 g/mol. The maximum Gasteiger partial charge on any atom is 0.123 e. The fraction of sp³-hybridized carbons (Fsp3) is 0.357. The number of hydrogen-bond donors (Lipinski definition) is 1. The van der Waals surface area contributed by atoms with Crippen LogP contribution < -0.4 is 0 Å². The highest BCUT2D eigenvalue weighted by Gasteiger charge is 2.42. The molecule has 0 saturated heterocycles. The van der Waals surface area contributed by atoms with E-state index in [9.17, 15) is 9.50 Å². The van der Waals surface area contributed by atoms with E-state index in [1.165, 1.54) is 6.07 Å². The molecule has 3 atom stereocenters. The molecule has 0 amide bonds. The van der Waals surface area contributed by atoms with E-state index in [1.54, 1.807) is 18.6 Å². The van der Waals surface area contributed by atoms with Gasteiger partial charge in [0.25, 0.3) is 0 Å². The summed E-state index contributed by atoms with van der Waals surface area (Å²) in [6.45, 7) is 0. The van der Waals surface area contributed by atoms with Crippen molar-refractivity contribution in [3.63, 3.8) is 0 Å². The molecular formula is C14H13FN2O. The lowest BCUT2D eigenvalue weighted by Crippen LogP contribution is -2.37. The zero-order valence-electron chi connectivity index (χ0n) is 9.75. The Kier molecular flexibility index (Phi) is 1.95. The maximum atomic E-state index is 13.4. The van der Waals surface area contributed by atoms with Crippen molar-refractivity contribution in [2.45, 2.75) is 25.0 Å². The van der Waals surface area contributed by atoms with Gasteiger partial charge in [0.2, 0.25) is 0 Å². The first-order valence-electron chi connectivity index (χ1n) is 6.25. The number of fused-ring (bicyclic) bond motifs is 3. The maximum absolute atomic E-state index is 13.4. The molecule has 18 heavy (non-hydrogen) atoms. The first-order chi connectivity index (χ1) is 8.75. The molecule has 2 heterocycles. The molecule has 0 bridgehead atoms. The Morgan fingerprint density at radius 3 is 2.94 bits per heavy atom. The zero-order chi connectivity index (χ0) is 12.3. The molecule has 0 radical (unpaired) electrons. The molecule has 0 unspecified atom stereocenters. The van der Waals surface area contributed by atoms with Gasteiger partial charge in [-0.2, -0.15) is 0 Å². The summed E-state index contributed by atoms with van der Waals surface area (Å²) < 4.78 is 15.5. The highest BCUT2D eigenvalue weighted by Crippen LogP contribution is 2.48. The Morgan fingerprint density at radius 1 is 1.33 bits per heavy atom. The number of aliphatic hydroxyl groups excluding tert-OH is 1. The molecule has 1 aliphatic heterocycles. The van der Waals surface area contributed by atoms with Crippen molar-refractivity contribution in [3.05, 3.63) is 42.1 Å². The Bertz CT molecular complexity index is 622. The molecule has 1 N–H and O–H groups in total. The number of aromatic nitrogens is 2. The molecule has 1 saturated carbocycles. The van der Waals surface area contributed by atoms with Crippen LogP contribution in [0.5, 0.6) is 0 Å². The molecule has 4 rings (SSSR count). The molecule has 1 aromatic carbocycles. The van der Waals surface area contributed by atoms with Crippen molar-refractivity contribution in [3.8, 4) is 11.3 Å². The minimum absolute atomic E-state index is 0.113. The van der Waals surface area contributed by atoms with Gasteiger partial charge < -0.3 is 9.67 Å².